The van der Waals surface area contributed by atoms with E-state index in [0.717, 1.165) is 24.0 Å². The van der Waals surface area contributed by atoms with Crippen molar-refractivity contribution in [1.29, 1.82) is 0 Å². The van der Waals surface area contributed by atoms with E-state index in [2.05, 4.69) is 53.3 Å². The number of rotatable bonds is 8. The molecular formula is C50H46N10O8. The van der Waals surface area contributed by atoms with Crippen LogP contribution in [0.15, 0.2) is 107 Å². The van der Waals surface area contributed by atoms with Crippen LogP contribution in [0.25, 0.3) is 0 Å². The molecule has 4 aromatic carbocycles. The summed E-state index contributed by atoms with van der Waals surface area (Å²) >= 11 is 0. The van der Waals surface area contributed by atoms with Gasteiger partial charge in [0.2, 0.25) is 35.5 Å². The maximum Gasteiger partial charge on any atom is 0.258 e. The van der Waals surface area contributed by atoms with Crippen LogP contribution in [0.4, 0.5) is 34.9 Å². The van der Waals surface area contributed by atoms with Gasteiger partial charge >= 0.3 is 0 Å². The first kappa shape index (κ1) is 44.7. The first-order chi connectivity index (χ1) is 32.8. The molecule has 0 saturated heterocycles. The van der Waals surface area contributed by atoms with Crippen LogP contribution in [-0.2, 0) is 45.1 Å². The smallest absolute Gasteiger partial charge is 0.258 e. The number of amides is 4. The fourth-order valence-electron chi connectivity index (χ4n) is 8.85. The molecule has 0 fully saturated rings. The molecule has 4 aliphatic heterocycles. The largest absolute Gasteiger partial charge is 0.338 e. The molecule has 68 heavy (non-hydrogen) atoms. The number of carbonyl (C=O) groups excluding carboxylic acids is 6. The zero-order valence-electron chi connectivity index (χ0n) is 37.1. The van der Waals surface area contributed by atoms with E-state index >= 15 is 0 Å². The van der Waals surface area contributed by atoms with Gasteiger partial charge in [-0.2, -0.15) is 9.97 Å². The molecular weight excluding hydrogens is 869 g/mol. The number of ketones is 2. The van der Waals surface area contributed by atoms with Gasteiger partial charge in [-0.25, -0.2) is 0 Å². The zero-order chi connectivity index (χ0) is 47.6. The van der Waals surface area contributed by atoms with Crippen LogP contribution in [0.1, 0.15) is 92.6 Å². The minimum absolute atomic E-state index is 0.0821. The van der Waals surface area contributed by atoms with Crippen molar-refractivity contribution in [2.45, 2.75) is 64.5 Å². The molecule has 0 radical (unpaired) electrons. The van der Waals surface area contributed by atoms with Crippen molar-refractivity contribution in [3.63, 3.8) is 0 Å². The normalized spacial score (nSPS) is 16.8. The number of H-pyrrole nitrogens is 2. The summed E-state index contributed by atoms with van der Waals surface area (Å²) in [6, 6.07) is 29.1. The molecule has 2 aromatic heterocycles. The topological polar surface area (TPSA) is 249 Å². The predicted octanol–water partition coefficient (Wildman–Crippen LogP) is 5.20. The van der Waals surface area contributed by atoms with Crippen molar-refractivity contribution in [1.82, 2.24) is 19.9 Å². The summed E-state index contributed by atoms with van der Waals surface area (Å²) in [6.07, 6.45) is 1.31. The quantitative estimate of drug-likeness (QED) is 0.108. The van der Waals surface area contributed by atoms with Crippen molar-refractivity contribution in [3.8, 4) is 0 Å². The number of benzene rings is 4. The third-order valence-corrected chi connectivity index (χ3v) is 12.5. The summed E-state index contributed by atoms with van der Waals surface area (Å²) in [7, 11) is 0. The van der Waals surface area contributed by atoms with Crippen LogP contribution in [0.3, 0.4) is 0 Å². The van der Waals surface area contributed by atoms with Crippen LogP contribution < -0.4 is 42.2 Å². The second kappa shape index (κ2) is 18.7. The number of anilines is 6. The van der Waals surface area contributed by atoms with Crippen LogP contribution in [0, 0.1) is 0 Å². The molecule has 2 atom stereocenters. The van der Waals surface area contributed by atoms with Gasteiger partial charge in [0.1, 0.15) is 11.6 Å². The number of fused-ring (bicyclic) bond motifs is 4. The molecule has 0 aliphatic carbocycles. The van der Waals surface area contributed by atoms with Crippen molar-refractivity contribution >= 4 is 70.1 Å². The third-order valence-electron chi connectivity index (χ3n) is 12.5. The molecule has 4 amide bonds. The third kappa shape index (κ3) is 9.42. The molecule has 6 aromatic rings. The lowest BCUT2D eigenvalue weighted by Crippen LogP contribution is -2.38. The summed E-state index contributed by atoms with van der Waals surface area (Å²) in [4.78, 5) is 118. The van der Waals surface area contributed by atoms with Gasteiger partial charge in [0.05, 0.1) is 23.0 Å². The summed E-state index contributed by atoms with van der Waals surface area (Å²) in [5, 5.41) is 10.8. The second-order valence-corrected chi connectivity index (χ2v) is 17.0. The Hall–Kier alpha value is -8.54. The maximum atomic E-state index is 13.1. The first-order valence-electron chi connectivity index (χ1n) is 22.1. The van der Waals surface area contributed by atoms with E-state index in [-0.39, 0.29) is 59.0 Å². The van der Waals surface area contributed by atoms with E-state index in [0.29, 0.717) is 60.6 Å². The molecule has 4 aliphatic rings. The number of nitrogens with one attached hydrogen (secondary N) is 6. The van der Waals surface area contributed by atoms with E-state index in [1.807, 2.05) is 46.2 Å². The highest BCUT2D eigenvalue weighted by Crippen LogP contribution is 2.33. The van der Waals surface area contributed by atoms with Crippen LogP contribution in [0.2, 0.25) is 0 Å². The maximum absolute atomic E-state index is 13.1. The van der Waals surface area contributed by atoms with Crippen molar-refractivity contribution in [3.05, 3.63) is 162 Å². The SMILES string of the molecule is CC(=O)c1ccc(NC(=O)C2CC(=O)Nc3nc(N4CCc5ccccc5C4)[nH]c(=O)c32)cc1.CC(=O)c1ccc(NC(=O)C2CC(=O)Nc3nc(N4CCc5ccccc5C4)[nH]c(=O)c32)cc1. The van der Waals surface area contributed by atoms with Crippen LogP contribution in [0.5, 0.6) is 0 Å². The summed E-state index contributed by atoms with van der Waals surface area (Å²) in [5.74, 6) is -2.92. The summed E-state index contributed by atoms with van der Waals surface area (Å²) < 4.78 is 0. The zero-order valence-corrected chi connectivity index (χ0v) is 37.1. The van der Waals surface area contributed by atoms with Gasteiger partial charge in [-0.05, 0) is 97.5 Å². The van der Waals surface area contributed by atoms with E-state index in [9.17, 15) is 38.4 Å². The molecule has 10 rings (SSSR count). The van der Waals surface area contributed by atoms with E-state index < -0.39 is 34.8 Å². The van der Waals surface area contributed by atoms with E-state index in [1.165, 1.54) is 25.0 Å². The number of nitrogens with zero attached hydrogens (tertiary/aromatic N) is 4. The Bertz CT molecular complexity index is 2940. The number of hydrogen-bond donors (Lipinski definition) is 6. The lowest BCUT2D eigenvalue weighted by Gasteiger charge is -2.30. The number of aromatic nitrogens is 4. The minimum atomic E-state index is -0.983. The standard InChI is InChI=1S/2C25H23N5O4/c2*1-14(31)15-6-8-18(9-7-15)26-23(33)19-12-20(32)27-22-21(19)24(34)29-25(28-22)30-11-10-16-4-2-3-5-17(16)13-30/h2*2-9,19H,10-13H2,1H3,(H,26,33)(H2,27,28,29,32,34). The Balaban J connectivity index is 0.000000170. The molecule has 18 nitrogen and oxygen atoms in total. The Labute approximate surface area is 388 Å². The minimum Gasteiger partial charge on any atom is -0.338 e. The highest BCUT2D eigenvalue weighted by Gasteiger charge is 2.37. The molecule has 2 unspecified atom stereocenters. The number of carbonyl (C=O) groups is 6. The van der Waals surface area contributed by atoms with Gasteiger partial charge in [-0.15, -0.1) is 0 Å². The number of hydrogen-bond acceptors (Lipinski definition) is 12. The molecule has 18 heteroatoms. The average molecular weight is 915 g/mol. The van der Waals surface area contributed by atoms with Gasteiger partial charge in [-0.1, -0.05) is 48.5 Å². The van der Waals surface area contributed by atoms with E-state index in [1.54, 1.807) is 48.5 Å². The first-order valence-corrected chi connectivity index (χ1v) is 22.1. The van der Waals surface area contributed by atoms with Crippen LogP contribution >= 0.6 is 0 Å². The molecule has 6 heterocycles. The fraction of sp³-hybridized carbons (Fsp3) is 0.240. The molecule has 0 saturated carbocycles. The number of Topliss-reactive ketones (excluding diaryl/α,β-unsaturated/α-hetero) is 2. The highest BCUT2D eigenvalue weighted by atomic mass is 16.2. The molecule has 6 N–H and O–H groups in total. The second-order valence-electron chi connectivity index (χ2n) is 17.0. The van der Waals surface area contributed by atoms with Gasteiger partial charge in [0.15, 0.2) is 11.6 Å². The van der Waals surface area contributed by atoms with E-state index in [4.69, 9.17) is 0 Å². The number of aromatic amines is 2. The highest BCUT2D eigenvalue weighted by molar-refractivity contribution is 6.06. The Morgan fingerprint density at radius 1 is 0.529 bits per heavy atom. The van der Waals surface area contributed by atoms with Gasteiger partial charge in [0, 0.05) is 61.5 Å². The van der Waals surface area contributed by atoms with Crippen LogP contribution in [-0.4, -0.2) is 68.2 Å². The van der Waals surface area contributed by atoms with Gasteiger partial charge in [0.25, 0.3) is 11.1 Å². The van der Waals surface area contributed by atoms with Crippen molar-refractivity contribution in [2.75, 3.05) is 44.2 Å². The summed E-state index contributed by atoms with van der Waals surface area (Å²) in [5.41, 5.74) is 6.20. The predicted molar refractivity (Wildman–Crippen MR) is 254 cm³/mol. The Morgan fingerprint density at radius 3 is 1.26 bits per heavy atom. The summed E-state index contributed by atoms with van der Waals surface area (Å²) in [6.45, 7) is 5.44. The van der Waals surface area contributed by atoms with Gasteiger partial charge < -0.3 is 31.1 Å². The van der Waals surface area contributed by atoms with Gasteiger partial charge in [-0.3, -0.25) is 48.3 Å². The van der Waals surface area contributed by atoms with Crippen molar-refractivity contribution in [2.24, 2.45) is 0 Å². The Kier molecular flexibility index (Phi) is 12.3. The fourth-order valence-corrected chi connectivity index (χ4v) is 8.85. The molecule has 344 valence electrons. The monoisotopic (exact) mass is 914 g/mol. The molecule has 0 bridgehead atoms. The van der Waals surface area contributed by atoms with Crippen molar-refractivity contribution < 1.29 is 28.8 Å². The lowest BCUT2D eigenvalue weighted by molar-refractivity contribution is -0.123. The lowest BCUT2D eigenvalue weighted by atomic mass is 9.92. The molecule has 0 spiro atoms. The average Bonchev–Trinajstić information content (AvgIpc) is 3.33. The Morgan fingerprint density at radius 2 is 0.897 bits per heavy atom.